The molecule has 0 bridgehead atoms. The fourth-order valence-corrected chi connectivity index (χ4v) is 16.4. The van der Waals surface area contributed by atoms with E-state index in [1.807, 2.05) is 42.6 Å². The summed E-state index contributed by atoms with van der Waals surface area (Å²) >= 11 is 0. The summed E-state index contributed by atoms with van der Waals surface area (Å²) in [7, 11) is 0. The molecule has 22 aromatic rings. The van der Waals surface area contributed by atoms with Gasteiger partial charge in [-0.1, -0.05) is 170 Å². The molecule has 0 atom stereocenters. The second-order valence-electron chi connectivity index (χ2n) is 25.0. The van der Waals surface area contributed by atoms with Crippen molar-refractivity contribution in [2.75, 3.05) is 0 Å². The second-order valence-corrected chi connectivity index (χ2v) is 25.0. The molecule has 94 heavy (non-hydrogen) atoms. The number of benzene rings is 13. The summed E-state index contributed by atoms with van der Waals surface area (Å²) in [6.45, 7) is 0. The average molecular weight is 1190 g/mol. The van der Waals surface area contributed by atoms with Crippen molar-refractivity contribution < 1.29 is 0 Å². The predicted molar refractivity (Wildman–Crippen MR) is 384 cm³/mol. The third-order valence-corrected chi connectivity index (χ3v) is 20.3. The zero-order valence-electron chi connectivity index (χ0n) is 49.9. The Morgan fingerprint density at radius 3 is 1.50 bits per heavy atom. The van der Waals surface area contributed by atoms with Crippen molar-refractivity contribution in [3.63, 3.8) is 0 Å². The molecular formula is C84H44N10. The van der Waals surface area contributed by atoms with Crippen LogP contribution >= 0.6 is 0 Å². The van der Waals surface area contributed by atoms with E-state index in [0.29, 0.717) is 28.7 Å². The lowest BCUT2D eigenvalue weighted by Gasteiger charge is -2.15. The Labute approximate surface area is 532 Å². The molecule has 9 heterocycles. The molecule has 0 amide bonds. The Bertz CT molecular complexity index is 7170. The van der Waals surface area contributed by atoms with Crippen LogP contribution in [0.3, 0.4) is 0 Å². The highest BCUT2D eigenvalue weighted by atomic mass is 15.2. The first-order valence-corrected chi connectivity index (χ1v) is 31.7. The van der Waals surface area contributed by atoms with Gasteiger partial charge in [-0.25, -0.2) is 19.9 Å². The number of rotatable bonds is 5. The van der Waals surface area contributed by atoms with E-state index >= 15 is 0 Å². The van der Waals surface area contributed by atoms with Gasteiger partial charge >= 0.3 is 0 Å². The zero-order chi connectivity index (χ0) is 61.2. The molecule has 13 aromatic carbocycles. The quantitative estimate of drug-likeness (QED) is 0.170. The Balaban J connectivity index is 0.799. The molecule has 22 rings (SSSR count). The largest absolute Gasteiger partial charge is 0.308 e. The zero-order valence-corrected chi connectivity index (χ0v) is 49.9. The number of hydrogen-bond acceptors (Lipinski definition) is 6. The van der Waals surface area contributed by atoms with Crippen molar-refractivity contribution in [3.05, 3.63) is 273 Å². The maximum Gasteiger partial charge on any atom is 0.237 e. The van der Waals surface area contributed by atoms with Crippen molar-refractivity contribution in [2.45, 2.75) is 0 Å². The van der Waals surface area contributed by atoms with E-state index < -0.39 is 0 Å². The van der Waals surface area contributed by atoms with Crippen LogP contribution in [-0.4, -0.2) is 42.9 Å². The van der Waals surface area contributed by atoms with Gasteiger partial charge in [0, 0.05) is 87.3 Å². The number of pyridine rings is 1. The lowest BCUT2D eigenvalue weighted by molar-refractivity contribution is 1.01. The molecule has 0 unspecified atom stereocenters. The van der Waals surface area contributed by atoms with Gasteiger partial charge in [-0.05, 0) is 124 Å². The number of nitriles is 1. The highest BCUT2D eigenvalue weighted by Crippen LogP contribution is 2.51. The Hall–Kier alpha value is -13.1. The molecule has 10 nitrogen and oxygen atoms in total. The molecular weight excluding hydrogens is 1150 g/mol. The first-order valence-electron chi connectivity index (χ1n) is 31.7. The van der Waals surface area contributed by atoms with Gasteiger partial charge in [0.15, 0.2) is 11.5 Å². The van der Waals surface area contributed by atoms with Gasteiger partial charge in [-0.15, -0.1) is 0 Å². The number of aromatic nitrogens is 9. The molecule has 0 spiro atoms. The van der Waals surface area contributed by atoms with Gasteiger partial charge in [-0.2, -0.15) is 10.2 Å². The van der Waals surface area contributed by atoms with Crippen LogP contribution in [0.2, 0.25) is 0 Å². The molecule has 0 aliphatic rings. The van der Waals surface area contributed by atoms with E-state index in [4.69, 9.17) is 24.9 Å². The molecule has 0 fully saturated rings. The van der Waals surface area contributed by atoms with Gasteiger partial charge in [0.2, 0.25) is 5.95 Å². The topological polar surface area (TPSA) is 107 Å². The van der Waals surface area contributed by atoms with Gasteiger partial charge in [0.1, 0.15) is 5.69 Å². The summed E-state index contributed by atoms with van der Waals surface area (Å²) in [5.41, 5.74) is 19.3. The van der Waals surface area contributed by atoms with Gasteiger partial charge in [0.25, 0.3) is 0 Å². The van der Waals surface area contributed by atoms with E-state index in [1.165, 1.54) is 43.4 Å². The summed E-state index contributed by atoms with van der Waals surface area (Å²) in [6, 6.07) is 95.6. The van der Waals surface area contributed by atoms with Crippen molar-refractivity contribution in [1.29, 1.82) is 5.26 Å². The third-order valence-electron chi connectivity index (χ3n) is 20.3. The van der Waals surface area contributed by atoms with Crippen molar-refractivity contribution >= 4 is 163 Å². The second kappa shape index (κ2) is 18.1. The number of para-hydroxylation sites is 3. The van der Waals surface area contributed by atoms with E-state index in [-0.39, 0.29) is 0 Å². The Morgan fingerprint density at radius 1 is 0.298 bits per heavy atom. The van der Waals surface area contributed by atoms with E-state index in [2.05, 4.69) is 248 Å². The van der Waals surface area contributed by atoms with Crippen LogP contribution in [0.4, 0.5) is 0 Å². The minimum atomic E-state index is 0.564. The Kier molecular flexibility index (Phi) is 9.56. The van der Waals surface area contributed by atoms with E-state index in [1.54, 1.807) is 0 Å². The first-order chi connectivity index (χ1) is 46.6. The van der Waals surface area contributed by atoms with Crippen LogP contribution < -0.4 is 0 Å². The average Bonchev–Trinajstić information content (AvgIpc) is 1.52. The number of fused-ring (bicyclic) bond motifs is 26. The fourth-order valence-electron chi connectivity index (χ4n) is 16.4. The van der Waals surface area contributed by atoms with E-state index in [9.17, 15) is 5.26 Å². The van der Waals surface area contributed by atoms with Crippen molar-refractivity contribution in [2.24, 2.45) is 0 Å². The molecule has 0 saturated carbocycles. The standard InChI is InChI=1S/C84H44N10/c85-45-46-28-30-50(31-29-46)77-83(93-70-38-33-47-15-4-6-19-53(47)72(70)62-43-60-55-21-8-11-25-66(55)91-67-26-12-9-22-56(67)74(78(60)91)80(62)93)88-64-36-32-52(42-65(64)87-77)51-35-37-69-59(41-51)61-44-63-73-54-20-7-5-16-48(54)34-39-71(73)94(81(63)75-57-23-10-13-27-68(57)92(69)79(61)75)84-89-76(49-17-2-1-3-18-49)58-24-14-40-86-82(58)90-84/h1-44H. The molecule has 0 saturated heterocycles. The molecule has 0 N–H and O–H groups in total. The molecule has 10 heteroatoms. The maximum absolute atomic E-state index is 10.1. The molecule has 9 aromatic heterocycles. The predicted octanol–water partition coefficient (Wildman–Crippen LogP) is 20.6. The smallest absolute Gasteiger partial charge is 0.237 e. The van der Waals surface area contributed by atoms with Crippen LogP contribution in [0.15, 0.2) is 267 Å². The maximum atomic E-state index is 10.1. The van der Waals surface area contributed by atoms with Crippen LogP contribution in [-0.2, 0) is 0 Å². The van der Waals surface area contributed by atoms with Crippen LogP contribution in [0, 0.1) is 11.3 Å². The number of hydrogen-bond donors (Lipinski definition) is 0. The summed E-state index contributed by atoms with van der Waals surface area (Å²) in [5.74, 6) is 1.28. The lowest BCUT2D eigenvalue weighted by atomic mass is 9.98. The SMILES string of the molecule is N#Cc1ccc(-c2nc3cc(-c4ccc5c(c4)c4cc6c7c8ccccc8ccc7n(-c7nc(-c8ccccc8)c8cccnc8n7)c6c6c7ccccc7n5c46)ccc3nc2-n2c3ccc4ccccc4c3c3cc4c5ccccc5n5c6ccccc6c(c32)c45)cc1. The lowest BCUT2D eigenvalue weighted by Crippen LogP contribution is -2.04. The van der Waals surface area contributed by atoms with Gasteiger partial charge in [0.05, 0.1) is 83.5 Å². The molecule has 0 radical (unpaired) electrons. The van der Waals surface area contributed by atoms with Gasteiger partial charge < -0.3 is 8.80 Å². The monoisotopic (exact) mass is 1190 g/mol. The molecule has 430 valence electrons. The summed E-state index contributed by atoms with van der Waals surface area (Å²) in [6.07, 6.45) is 1.81. The Morgan fingerprint density at radius 2 is 0.819 bits per heavy atom. The summed E-state index contributed by atoms with van der Waals surface area (Å²) in [4.78, 5) is 27.3. The van der Waals surface area contributed by atoms with Crippen LogP contribution in [0.1, 0.15) is 5.56 Å². The fraction of sp³-hybridized carbons (Fsp3) is 0. The molecule has 0 aliphatic carbocycles. The minimum Gasteiger partial charge on any atom is -0.308 e. The molecule has 0 aliphatic heterocycles. The summed E-state index contributed by atoms with van der Waals surface area (Å²) in [5, 5.41) is 29.6. The van der Waals surface area contributed by atoms with Crippen LogP contribution in [0.25, 0.3) is 209 Å². The summed E-state index contributed by atoms with van der Waals surface area (Å²) < 4.78 is 9.59. The van der Waals surface area contributed by atoms with Crippen LogP contribution in [0.5, 0.6) is 0 Å². The third kappa shape index (κ3) is 6.43. The first kappa shape index (κ1) is 49.7. The minimum absolute atomic E-state index is 0.564. The van der Waals surface area contributed by atoms with E-state index in [0.717, 1.165) is 142 Å². The van der Waals surface area contributed by atoms with Gasteiger partial charge in [-0.3, -0.25) is 9.13 Å². The van der Waals surface area contributed by atoms with Crippen molar-refractivity contribution in [1.82, 2.24) is 42.9 Å². The number of nitrogens with zero attached hydrogens (tertiary/aromatic N) is 10. The normalized spacial score (nSPS) is 12.5. The van der Waals surface area contributed by atoms with Crippen molar-refractivity contribution in [3.8, 4) is 51.5 Å². The highest BCUT2D eigenvalue weighted by molar-refractivity contribution is 6.38. The highest BCUT2D eigenvalue weighted by Gasteiger charge is 2.30.